The predicted molar refractivity (Wildman–Crippen MR) is 76.4 cm³/mol. The molecule has 0 unspecified atom stereocenters. The van der Waals surface area contributed by atoms with Gasteiger partial charge >= 0.3 is 0 Å². The molecule has 104 valence electrons. The van der Waals surface area contributed by atoms with Crippen LogP contribution in [-0.4, -0.2) is 19.7 Å². The number of rotatable bonds is 3. The quantitative estimate of drug-likeness (QED) is 0.843. The van der Waals surface area contributed by atoms with Gasteiger partial charge in [0.2, 0.25) is 0 Å². The molecule has 2 rings (SSSR count). The maximum absolute atomic E-state index is 13.1. The molecule has 6 heteroatoms. The van der Waals surface area contributed by atoms with Crippen molar-refractivity contribution in [3.05, 3.63) is 24.0 Å². The molecule has 0 bridgehead atoms. The van der Waals surface area contributed by atoms with Gasteiger partial charge in [0.05, 0.1) is 12.3 Å². The number of hydrogen-bond donors (Lipinski definition) is 2. The Morgan fingerprint density at radius 1 is 1.28 bits per heavy atom. The first-order valence-corrected chi connectivity index (χ1v) is 5.64. The van der Waals surface area contributed by atoms with Crippen LogP contribution in [0.25, 0.3) is 0 Å². The van der Waals surface area contributed by atoms with Crippen LogP contribution in [0.2, 0.25) is 0 Å². The fourth-order valence-corrected chi connectivity index (χ4v) is 1.86. The number of hydrogen-bond acceptors (Lipinski definition) is 3. The highest BCUT2D eigenvalue weighted by Crippen LogP contribution is 2.20. The van der Waals surface area contributed by atoms with E-state index in [0.717, 1.165) is 25.9 Å². The Hall–Kier alpha value is -0.710. The number of nitrogen functional groups attached to an aromatic ring is 1. The minimum Gasteiger partial charge on any atom is -0.493 e. The molecule has 0 amide bonds. The Kier molecular flexibility index (Phi) is 8.07. The van der Waals surface area contributed by atoms with Crippen molar-refractivity contribution in [3.63, 3.8) is 0 Å². The van der Waals surface area contributed by atoms with Gasteiger partial charge in [0.15, 0.2) is 0 Å². The van der Waals surface area contributed by atoms with Gasteiger partial charge in [-0.3, -0.25) is 0 Å². The highest BCUT2D eigenvalue weighted by atomic mass is 35.5. The first-order chi connectivity index (χ1) is 7.75. The van der Waals surface area contributed by atoms with Gasteiger partial charge in [-0.1, -0.05) is 0 Å². The van der Waals surface area contributed by atoms with E-state index in [9.17, 15) is 4.39 Å². The molecule has 0 atom stereocenters. The standard InChI is InChI=1S/C12H17FN2O.2ClH/c13-11-7-10(1-2-12(11)14)16-8-9-3-5-15-6-4-9;;/h1-2,7,9,15H,3-6,8,14H2;2*1H. The third kappa shape index (κ3) is 4.88. The second kappa shape index (κ2) is 8.40. The van der Waals surface area contributed by atoms with Crippen LogP contribution in [-0.2, 0) is 0 Å². The lowest BCUT2D eigenvalue weighted by Gasteiger charge is -2.22. The van der Waals surface area contributed by atoms with E-state index in [4.69, 9.17) is 10.5 Å². The highest BCUT2D eigenvalue weighted by molar-refractivity contribution is 5.85. The molecule has 0 aromatic heterocycles. The molecular weight excluding hydrogens is 278 g/mol. The van der Waals surface area contributed by atoms with E-state index in [0.29, 0.717) is 18.3 Å². The zero-order valence-corrected chi connectivity index (χ0v) is 11.7. The molecule has 3 N–H and O–H groups in total. The van der Waals surface area contributed by atoms with Gasteiger partial charge in [-0.2, -0.15) is 0 Å². The maximum atomic E-state index is 13.1. The molecule has 0 spiro atoms. The molecule has 1 aromatic carbocycles. The van der Waals surface area contributed by atoms with Gasteiger partial charge in [-0.25, -0.2) is 4.39 Å². The molecule has 1 fully saturated rings. The van der Waals surface area contributed by atoms with Crippen molar-refractivity contribution >= 4 is 30.5 Å². The van der Waals surface area contributed by atoms with Crippen LogP contribution in [0.4, 0.5) is 10.1 Å². The zero-order chi connectivity index (χ0) is 11.4. The van der Waals surface area contributed by atoms with E-state index in [1.165, 1.54) is 12.1 Å². The molecule has 18 heavy (non-hydrogen) atoms. The summed E-state index contributed by atoms with van der Waals surface area (Å²) in [6.45, 7) is 2.75. The van der Waals surface area contributed by atoms with Crippen LogP contribution < -0.4 is 15.8 Å². The van der Waals surface area contributed by atoms with Crippen molar-refractivity contribution in [2.75, 3.05) is 25.4 Å². The summed E-state index contributed by atoms with van der Waals surface area (Å²) < 4.78 is 18.7. The summed E-state index contributed by atoms with van der Waals surface area (Å²) in [7, 11) is 0. The molecule has 1 aliphatic heterocycles. The smallest absolute Gasteiger partial charge is 0.149 e. The second-order valence-electron chi connectivity index (χ2n) is 4.19. The van der Waals surface area contributed by atoms with Crippen LogP contribution in [0.15, 0.2) is 18.2 Å². The monoisotopic (exact) mass is 296 g/mol. The molecule has 0 radical (unpaired) electrons. The minimum atomic E-state index is -0.414. The van der Waals surface area contributed by atoms with E-state index in [-0.39, 0.29) is 30.5 Å². The molecule has 1 heterocycles. The van der Waals surface area contributed by atoms with E-state index in [2.05, 4.69) is 5.32 Å². The third-order valence-corrected chi connectivity index (χ3v) is 2.92. The van der Waals surface area contributed by atoms with Gasteiger partial charge in [0.1, 0.15) is 11.6 Å². The molecule has 1 saturated heterocycles. The number of benzene rings is 1. The van der Waals surface area contributed by atoms with Crippen molar-refractivity contribution < 1.29 is 9.13 Å². The maximum Gasteiger partial charge on any atom is 0.149 e. The van der Waals surface area contributed by atoms with E-state index in [1.807, 2.05) is 0 Å². The zero-order valence-electron chi connectivity index (χ0n) is 10.0. The molecule has 1 aromatic rings. The van der Waals surface area contributed by atoms with Gasteiger partial charge < -0.3 is 15.8 Å². The summed E-state index contributed by atoms with van der Waals surface area (Å²) in [5, 5.41) is 3.30. The van der Waals surface area contributed by atoms with Crippen LogP contribution >= 0.6 is 24.8 Å². The van der Waals surface area contributed by atoms with Gasteiger partial charge in [0, 0.05) is 6.07 Å². The van der Waals surface area contributed by atoms with Crippen molar-refractivity contribution in [2.24, 2.45) is 5.92 Å². The van der Waals surface area contributed by atoms with Crippen LogP contribution in [0.5, 0.6) is 5.75 Å². The SMILES string of the molecule is Cl.Cl.Nc1ccc(OCC2CCNCC2)cc1F. The Morgan fingerprint density at radius 2 is 1.94 bits per heavy atom. The summed E-state index contributed by atoms with van der Waals surface area (Å²) in [5.41, 5.74) is 5.55. The van der Waals surface area contributed by atoms with E-state index in [1.54, 1.807) is 6.07 Å². The van der Waals surface area contributed by atoms with E-state index >= 15 is 0 Å². The van der Waals surface area contributed by atoms with Crippen LogP contribution in [0, 0.1) is 11.7 Å². The molecule has 3 nitrogen and oxygen atoms in total. The third-order valence-electron chi connectivity index (χ3n) is 2.92. The van der Waals surface area contributed by atoms with Crippen LogP contribution in [0.1, 0.15) is 12.8 Å². The Labute approximate surface area is 119 Å². The summed E-state index contributed by atoms with van der Waals surface area (Å²) in [5.74, 6) is 0.718. The highest BCUT2D eigenvalue weighted by Gasteiger charge is 2.13. The molecular formula is C12H19Cl2FN2O. The van der Waals surface area contributed by atoms with Crippen molar-refractivity contribution in [1.82, 2.24) is 5.32 Å². The Balaban J connectivity index is 0.00000144. The average Bonchev–Trinajstić information content (AvgIpc) is 2.32. The molecule has 0 aliphatic carbocycles. The average molecular weight is 297 g/mol. The minimum absolute atomic E-state index is 0. The van der Waals surface area contributed by atoms with Crippen molar-refractivity contribution in [2.45, 2.75) is 12.8 Å². The largest absolute Gasteiger partial charge is 0.493 e. The lowest BCUT2D eigenvalue weighted by molar-refractivity contribution is 0.214. The number of anilines is 1. The first-order valence-electron chi connectivity index (χ1n) is 5.64. The predicted octanol–water partition coefficient (Wildman–Crippen LogP) is 2.63. The van der Waals surface area contributed by atoms with Gasteiger partial charge in [0.25, 0.3) is 0 Å². The summed E-state index contributed by atoms with van der Waals surface area (Å²) in [6, 6.07) is 4.59. The number of nitrogens with one attached hydrogen (secondary N) is 1. The van der Waals surface area contributed by atoms with E-state index < -0.39 is 5.82 Å². The molecule has 0 saturated carbocycles. The Morgan fingerprint density at radius 3 is 2.56 bits per heavy atom. The summed E-state index contributed by atoms with van der Waals surface area (Å²) in [6.07, 6.45) is 2.24. The lowest BCUT2D eigenvalue weighted by atomic mass is 9.99. The second-order valence-corrected chi connectivity index (χ2v) is 4.19. The summed E-state index contributed by atoms with van der Waals surface area (Å²) >= 11 is 0. The Bertz CT molecular complexity index is 360. The number of halogens is 3. The number of piperidine rings is 1. The first kappa shape index (κ1) is 17.3. The number of nitrogens with two attached hydrogens (primary N) is 1. The fraction of sp³-hybridized carbons (Fsp3) is 0.500. The lowest BCUT2D eigenvalue weighted by Crippen LogP contribution is -2.30. The van der Waals surface area contributed by atoms with Crippen molar-refractivity contribution in [1.29, 1.82) is 0 Å². The topological polar surface area (TPSA) is 47.3 Å². The molecule has 1 aliphatic rings. The van der Waals surface area contributed by atoms with Gasteiger partial charge in [-0.15, -0.1) is 24.8 Å². The fourth-order valence-electron chi connectivity index (χ4n) is 1.86. The number of ether oxygens (including phenoxy) is 1. The van der Waals surface area contributed by atoms with Crippen molar-refractivity contribution in [3.8, 4) is 5.75 Å². The normalized spacial score (nSPS) is 15.4. The van der Waals surface area contributed by atoms with Crippen LogP contribution in [0.3, 0.4) is 0 Å². The van der Waals surface area contributed by atoms with Gasteiger partial charge in [-0.05, 0) is 44.0 Å². The summed E-state index contributed by atoms with van der Waals surface area (Å²) in [4.78, 5) is 0.